The van der Waals surface area contributed by atoms with E-state index in [1.54, 1.807) is 0 Å². The van der Waals surface area contributed by atoms with E-state index in [4.69, 9.17) is 18.9 Å². The highest BCUT2D eigenvalue weighted by Gasteiger charge is 2.08. The molecule has 0 saturated carbocycles. The minimum Gasteiger partial charge on any atom is -0.432 e. The van der Waals surface area contributed by atoms with Gasteiger partial charge >= 0.3 is 6.16 Å². The van der Waals surface area contributed by atoms with E-state index in [9.17, 15) is 4.79 Å². The first-order valence-electron chi connectivity index (χ1n) is 8.79. The Morgan fingerprint density at radius 3 is 1.46 bits per heavy atom. The summed E-state index contributed by atoms with van der Waals surface area (Å²) in [5.74, 6) is 0. The second kappa shape index (κ2) is 11.3. The minimum absolute atomic E-state index is 0.0521. The molecule has 140 valence electrons. The lowest BCUT2D eigenvalue weighted by Gasteiger charge is -2.14. The largest absolute Gasteiger partial charge is 0.508 e. The molecule has 0 N–H and O–H groups in total. The average Bonchev–Trinajstić information content (AvgIpc) is 2.69. The summed E-state index contributed by atoms with van der Waals surface area (Å²) in [4.78, 5) is 11.5. The number of benzene rings is 2. The molecule has 0 saturated heterocycles. The minimum atomic E-state index is -0.711. The first-order valence-corrected chi connectivity index (χ1v) is 8.79. The molecule has 0 fully saturated rings. The van der Waals surface area contributed by atoms with Crippen LogP contribution in [-0.4, -0.2) is 32.6 Å². The molecule has 0 aliphatic heterocycles. The van der Waals surface area contributed by atoms with Gasteiger partial charge in [0.2, 0.25) is 0 Å². The van der Waals surface area contributed by atoms with Crippen molar-refractivity contribution in [1.82, 2.24) is 0 Å². The highest BCUT2D eigenvalue weighted by Crippen LogP contribution is 2.16. The lowest BCUT2D eigenvalue weighted by atomic mass is 10.1. The molecule has 0 radical (unpaired) electrons. The fraction of sp³-hybridized carbons (Fsp3) is 0.381. The van der Waals surface area contributed by atoms with Gasteiger partial charge in [0.15, 0.2) is 0 Å². The molecule has 26 heavy (non-hydrogen) atoms. The Hall–Kier alpha value is -2.37. The second-order valence-electron chi connectivity index (χ2n) is 5.79. The quantitative estimate of drug-likeness (QED) is 0.455. The smallest absolute Gasteiger partial charge is 0.432 e. The summed E-state index contributed by atoms with van der Waals surface area (Å²) in [7, 11) is 0. The summed E-state index contributed by atoms with van der Waals surface area (Å²) < 4.78 is 21.2. The lowest BCUT2D eigenvalue weighted by Crippen LogP contribution is -2.16. The average molecular weight is 358 g/mol. The molecule has 2 rings (SSSR count). The fourth-order valence-electron chi connectivity index (χ4n) is 2.38. The van der Waals surface area contributed by atoms with Gasteiger partial charge in [-0.1, -0.05) is 60.7 Å². The van der Waals surface area contributed by atoms with Gasteiger partial charge in [-0.15, -0.1) is 0 Å². The van der Waals surface area contributed by atoms with Crippen molar-refractivity contribution in [2.75, 3.05) is 26.4 Å². The van der Waals surface area contributed by atoms with Crippen LogP contribution in [0.3, 0.4) is 0 Å². The van der Waals surface area contributed by atoms with E-state index < -0.39 is 6.16 Å². The number of rotatable bonds is 10. The van der Waals surface area contributed by atoms with Crippen LogP contribution >= 0.6 is 0 Å². The highest BCUT2D eigenvalue weighted by molar-refractivity contribution is 5.59. The maximum atomic E-state index is 11.5. The molecule has 5 nitrogen and oxygen atoms in total. The maximum Gasteiger partial charge on any atom is 0.508 e. The van der Waals surface area contributed by atoms with Crippen LogP contribution in [0.5, 0.6) is 0 Å². The summed E-state index contributed by atoms with van der Waals surface area (Å²) >= 11 is 0. The molecule has 0 spiro atoms. The lowest BCUT2D eigenvalue weighted by molar-refractivity contribution is -0.0121. The van der Waals surface area contributed by atoms with Gasteiger partial charge in [0, 0.05) is 0 Å². The van der Waals surface area contributed by atoms with Gasteiger partial charge in [-0.05, 0) is 25.0 Å². The van der Waals surface area contributed by atoms with E-state index in [1.165, 1.54) is 0 Å². The van der Waals surface area contributed by atoms with Gasteiger partial charge in [0.05, 0.1) is 25.4 Å². The van der Waals surface area contributed by atoms with Gasteiger partial charge in [-0.25, -0.2) is 4.79 Å². The van der Waals surface area contributed by atoms with E-state index in [0.29, 0.717) is 13.2 Å². The van der Waals surface area contributed by atoms with Crippen molar-refractivity contribution in [2.24, 2.45) is 0 Å². The predicted octanol–water partition coefficient (Wildman–Crippen LogP) is 4.70. The molecule has 2 aromatic rings. The SMILES string of the molecule is CC(OCCOC(=O)OCCOC(C)c1ccccc1)c1ccccc1. The molecule has 2 atom stereocenters. The molecule has 0 heterocycles. The van der Waals surface area contributed by atoms with Crippen molar-refractivity contribution in [3.05, 3.63) is 71.8 Å². The standard InChI is InChI=1S/C21H26O5/c1-17(19-9-5-3-6-10-19)23-13-15-25-21(22)26-16-14-24-18(2)20-11-7-4-8-12-20/h3-12,17-18H,13-16H2,1-2H3. The van der Waals surface area contributed by atoms with Crippen LogP contribution in [0.4, 0.5) is 4.79 Å². The van der Waals surface area contributed by atoms with Crippen molar-refractivity contribution in [2.45, 2.75) is 26.1 Å². The Balaban J connectivity index is 1.51. The van der Waals surface area contributed by atoms with Gasteiger partial charge in [0.25, 0.3) is 0 Å². The molecular formula is C21H26O5. The van der Waals surface area contributed by atoms with Gasteiger partial charge in [-0.2, -0.15) is 0 Å². The number of ether oxygens (including phenoxy) is 4. The van der Waals surface area contributed by atoms with Crippen LogP contribution in [0.15, 0.2) is 60.7 Å². The summed E-state index contributed by atoms with van der Waals surface area (Å²) in [5.41, 5.74) is 2.17. The first kappa shape index (κ1) is 19.9. The molecule has 5 heteroatoms. The molecule has 2 unspecified atom stereocenters. The molecular weight excluding hydrogens is 332 g/mol. The number of carbonyl (C=O) groups excluding carboxylic acids is 1. The van der Waals surface area contributed by atoms with Gasteiger partial charge in [0.1, 0.15) is 13.2 Å². The van der Waals surface area contributed by atoms with Crippen molar-refractivity contribution < 1.29 is 23.7 Å². The van der Waals surface area contributed by atoms with E-state index >= 15 is 0 Å². The second-order valence-corrected chi connectivity index (χ2v) is 5.79. The number of carbonyl (C=O) groups is 1. The van der Waals surface area contributed by atoms with Crippen LogP contribution < -0.4 is 0 Å². The first-order chi connectivity index (χ1) is 12.7. The monoisotopic (exact) mass is 358 g/mol. The summed E-state index contributed by atoms with van der Waals surface area (Å²) in [5, 5.41) is 0. The van der Waals surface area contributed by atoms with Crippen LogP contribution in [0.2, 0.25) is 0 Å². The van der Waals surface area contributed by atoms with E-state index in [1.807, 2.05) is 74.5 Å². The Morgan fingerprint density at radius 2 is 1.08 bits per heavy atom. The highest BCUT2D eigenvalue weighted by atomic mass is 16.7. The Kier molecular flexibility index (Phi) is 8.66. The summed E-state index contributed by atoms with van der Waals surface area (Å²) in [6.07, 6.45) is -0.815. The van der Waals surface area contributed by atoms with E-state index in [2.05, 4.69) is 0 Å². The van der Waals surface area contributed by atoms with Crippen LogP contribution in [-0.2, 0) is 18.9 Å². The van der Waals surface area contributed by atoms with Gasteiger partial charge in [-0.3, -0.25) is 0 Å². The zero-order valence-electron chi connectivity index (χ0n) is 15.3. The fourth-order valence-corrected chi connectivity index (χ4v) is 2.38. The van der Waals surface area contributed by atoms with Crippen molar-refractivity contribution >= 4 is 6.16 Å². The number of hydrogen-bond donors (Lipinski definition) is 0. The molecule has 0 aromatic heterocycles. The summed E-state index contributed by atoms with van der Waals surface area (Å²) in [6.45, 7) is 4.84. The zero-order valence-corrected chi connectivity index (χ0v) is 15.3. The van der Waals surface area contributed by atoms with E-state index in [-0.39, 0.29) is 25.4 Å². The van der Waals surface area contributed by atoms with Crippen molar-refractivity contribution in [3.63, 3.8) is 0 Å². The predicted molar refractivity (Wildman–Crippen MR) is 98.9 cm³/mol. The molecule has 0 aliphatic carbocycles. The third-order valence-corrected chi connectivity index (χ3v) is 3.88. The Morgan fingerprint density at radius 1 is 0.692 bits per heavy atom. The third kappa shape index (κ3) is 7.25. The Bertz CT molecular complexity index is 574. The van der Waals surface area contributed by atoms with Gasteiger partial charge < -0.3 is 18.9 Å². The summed E-state index contributed by atoms with van der Waals surface area (Å²) in [6, 6.07) is 19.7. The zero-order chi connectivity index (χ0) is 18.6. The molecule has 0 aliphatic rings. The molecule has 2 aromatic carbocycles. The maximum absolute atomic E-state index is 11.5. The third-order valence-electron chi connectivity index (χ3n) is 3.88. The molecule has 0 amide bonds. The Labute approximate surface area is 154 Å². The molecule has 0 bridgehead atoms. The number of hydrogen-bond acceptors (Lipinski definition) is 5. The van der Waals surface area contributed by atoms with Crippen LogP contribution in [0.1, 0.15) is 37.2 Å². The van der Waals surface area contributed by atoms with Crippen molar-refractivity contribution in [3.8, 4) is 0 Å². The normalized spacial score (nSPS) is 13.0. The topological polar surface area (TPSA) is 54.0 Å². The van der Waals surface area contributed by atoms with Crippen molar-refractivity contribution in [1.29, 1.82) is 0 Å². The van der Waals surface area contributed by atoms with E-state index in [0.717, 1.165) is 11.1 Å². The van der Waals surface area contributed by atoms with Crippen LogP contribution in [0, 0.1) is 0 Å². The van der Waals surface area contributed by atoms with Crippen LogP contribution in [0.25, 0.3) is 0 Å².